The van der Waals surface area contributed by atoms with E-state index in [2.05, 4.69) is 35.0 Å². The van der Waals surface area contributed by atoms with Crippen LogP contribution in [0.15, 0.2) is 202 Å². The zero-order valence-corrected chi connectivity index (χ0v) is 46.3. The van der Waals surface area contributed by atoms with Crippen molar-refractivity contribution in [3.05, 3.63) is 220 Å². The number of rotatable bonds is 19. The summed E-state index contributed by atoms with van der Waals surface area (Å²) in [5.74, 6) is 1.25. The molecule has 0 unspecified atom stereocenters. The van der Waals surface area contributed by atoms with Crippen molar-refractivity contribution in [2.75, 3.05) is 89.3 Å². The van der Waals surface area contributed by atoms with Gasteiger partial charge in [-0.05, 0) is 53.1 Å². The second-order valence-electron chi connectivity index (χ2n) is 15.2. The van der Waals surface area contributed by atoms with Crippen LogP contribution in [0.4, 0.5) is 0 Å². The van der Waals surface area contributed by atoms with Crippen LogP contribution in [0.3, 0.4) is 0 Å². The van der Waals surface area contributed by atoms with Crippen LogP contribution in [-0.2, 0) is 14.2 Å². The predicted molar refractivity (Wildman–Crippen MR) is 310 cm³/mol. The smallest absolute Gasteiger partial charge is 0.282 e. The Morgan fingerprint density at radius 2 is 0.585 bits per heavy atom. The van der Waals surface area contributed by atoms with Crippen molar-refractivity contribution in [1.82, 2.24) is 5.43 Å². The first kappa shape index (κ1) is 72.3. The summed E-state index contributed by atoms with van der Waals surface area (Å²) in [6, 6.07) is 48.2. The van der Waals surface area contributed by atoms with E-state index in [1.54, 1.807) is 131 Å². The maximum Gasteiger partial charge on any atom is 0.282 e. The Labute approximate surface area is 475 Å². The number of benzene rings is 6. The van der Waals surface area contributed by atoms with Crippen LogP contribution in [0.2, 0.25) is 0 Å². The van der Waals surface area contributed by atoms with Gasteiger partial charge in [0.05, 0.1) is 99.0 Å². The van der Waals surface area contributed by atoms with Gasteiger partial charge >= 0.3 is 0 Å². The Hall–Kier alpha value is -9.69. The maximum atomic E-state index is 9.27. The number of nitrogens with zero attached hydrogens (tertiary/aromatic N) is 4. The lowest BCUT2D eigenvalue weighted by molar-refractivity contribution is 0.135. The van der Waals surface area contributed by atoms with Gasteiger partial charge in [-0.1, -0.05) is 143 Å². The zero-order valence-electron chi connectivity index (χ0n) is 46.3. The Bertz CT molecular complexity index is 2570. The maximum absolute atomic E-state index is 9.27. The summed E-state index contributed by atoms with van der Waals surface area (Å²) in [5, 5.41) is 118. The van der Waals surface area contributed by atoms with E-state index >= 15 is 0 Å². The minimum Gasteiger partial charge on any atom is -0.497 e. The summed E-state index contributed by atoms with van der Waals surface area (Å²) in [6.07, 6.45) is 0. The Morgan fingerprint density at radius 1 is 0.366 bits per heavy atom. The molecule has 0 aromatic heterocycles. The molecular formula is C58H73N5O19. The van der Waals surface area contributed by atoms with Gasteiger partial charge in [0.15, 0.2) is 0 Å². The number of ether oxygens (including phenoxy) is 6. The number of aliphatic hydroxyl groups excluding tert-OH is 9. The molecule has 0 saturated carbocycles. The van der Waals surface area contributed by atoms with E-state index in [9.17, 15) is 15.3 Å². The Balaban J connectivity index is 0.000000947. The van der Waals surface area contributed by atoms with Crippen molar-refractivity contribution >= 4 is 33.9 Å². The molecule has 13 N–H and O–H groups in total. The van der Waals surface area contributed by atoms with E-state index in [0.29, 0.717) is 50.7 Å². The normalized spacial score (nSPS) is 11.5. The molecule has 82 heavy (non-hydrogen) atoms. The third-order valence-electron chi connectivity index (χ3n) is 10.3. The first-order chi connectivity index (χ1) is 39.7. The summed E-state index contributed by atoms with van der Waals surface area (Å²) in [4.78, 5) is 8.81. The highest BCUT2D eigenvalue weighted by atomic mass is 16.6. The quantitative estimate of drug-likeness (QED) is 0.0126. The fourth-order valence-corrected chi connectivity index (χ4v) is 6.08. The molecule has 24 nitrogen and oxygen atoms in total. The predicted octanol–water partition coefficient (Wildman–Crippen LogP) is 7.14. The third-order valence-corrected chi connectivity index (χ3v) is 10.3. The van der Waals surface area contributed by atoms with Gasteiger partial charge in [0, 0.05) is 29.0 Å². The van der Waals surface area contributed by atoms with Gasteiger partial charge < -0.3 is 90.0 Å². The summed E-state index contributed by atoms with van der Waals surface area (Å²) >= 11 is 0. The van der Waals surface area contributed by atoms with Crippen molar-refractivity contribution in [3.63, 3.8) is 0 Å². The highest BCUT2D eigenvalue weighted by Crippen LogP contribution is 2.20. The number of methoxy groups -OCH3 is 6. The van der Waals surface area contributed by atoms with Crippen LogP contribution in [0.5, 0.6) is 17.2 Å². The van der Waals surface area contributed by atoms with Crippen LogP contribution < -0.4 is 19.6 Å². The van der Waals surface area contributed by atoms with Crippen LogP contribution in [0, 0.1) is 4.91 Å². The fourth-order valence-electron chi connectivity index (χ4n) is 6.08. The highest BCUT2D eigenvalue weighted by molar-refractivity contribution is 6.02. The van der Waals surface area contributed by atoms with Gasteiger partial charge in [-0.15, -0.1) is 4.91 Å². The molecule has 0 aliphatic carbocycles. The van der Waals surface area contributed by atoms with E-state index < -0.39 is 0 Å². The van der Waals surface area contributed by atoms with Crippen molar-refractivity contribution in [3.8, 4) is 17.2 Å². The van der Waals surface area contributed by atoms with Crippen LogP contribution in [-0.4, -0.2) is 168 Å². The summed E-state index contributed by atoms with van der Waals surface area (Å²) in [7, 11) is 10.2. The first-order valence-corrected chi connectivity index (χ1v) is 24.0. The Kier molecular flexibility index (Phi) is 39.9. The average molecular weight is 1140 g/mol. The van der Waals surface area contributed by atoms with Crippen molar-refractivity contribution in [2.24, 2.45) is 20.8 Å². The second-order valence-corrected chi connectivity index (χ2v) is 15.2. The van der Waals surface area contributed by atoms with Crippen LogP contribution in [0.25, 0.3) is 16.7 Å². The van der Waals surface area contributed by atoms with Gasteiger partial charge in [-0.25, -0.2) is 0 Å². The molecule has 0 saturated heterocycles. The molecule has 0 bridgehead atoms. The number of oxime groups is 3. The molecule has 6 aromatic rings. The van der Waals surface area contributed by atoms with Gasteiger partial charge in [0.1, 0.15) is 34.4 Å². The van der Waals surface area contributed by atoms with E-state index in [1.807, 2.05) is 60.0 Å². The third kappa shape index (κ3) is 27.3. The molecular weight excluding hydrogens is 1070 g/mol. The molecule has 0 fully saturated rings. The molecule has 444 valence electrons. The SMILES string of the molecule is CNN=O.CO/C(O)=C(/CO)c1ccccc1.CO/C(O)=C(\CO)c1ccccc1.COC(O)=C(CO)c1ccccc1.COc1cccc(/C(CO)=N/O)c1.COc1cccc(/C(CO)=N\O)c1.COc1cccc(C(CO)=NO)c1. The lowest BCUT2D eigenvalue weighted by Gasteiger charge is -2.06. The molecule has 24 heteroatoms. The van der Waals surface area contributed by atoms with Crippen molar-refractivity contribution in [1.29, 1.82) is 0 Å². The number of hydrogen-bond acceptors (Lipinski definition) is 23. The van der Waals surface area contributed by atoms with E-state index in [0.717, 1.165) is 16.7 Å². The van der Waals surface area contributed by atoms with Crippen LogP contribution >= 0.6 is 0 Å². The topological polar surface area (TPSA) is 377 Å². The monoisotopic (exact) mass is 1140 g/mol. The summed E-state index contributed by atoms with van der Waals surface area (Å²) in [6.45, 7) is -1.64. The van der Waals surface area contributed by atoms with Gasteiger partial charge in [-0.2, -0.15) is 0 Å². The lowest BCUT2D eigenvalue weighted by Crippen LogP contribution is -2.06. The second kappa shape index (κ2) is 45.2. The molecule has 0 aliphatic rings. The highest BCUT2D eigenvalue weighted by Gasteiger charge is 2.10. The minimum atomic E-state index is -0.302. The van der Waals surface area contributed by atoms with Crippen molar-refractivity contribution < 1.29 is 90.0 Å². The molecule has 0 spiro atoms. The number of nitroso groups, excluding NO2 is 1. The van der Waals surface area contributed by atoms with Gasteiger partial charge in [-0.3, -0.25) is 5.43 Å². The molecule has 0 radical (unpaired) electrons. The molecule has 0 aliphatic heterocycles. The lowest BCUT2D eigenvalue weighted by atomic mass is 10.1. The minimum absolute atomic E-state index is 0.221. The largest absolute Gasteiger partial charge is 0.497 e. The number of nitrogens with one attached hydrogen (secondary N) is 1. The summed E-state index contributed by atoms with van der Waals surface area (Å²) in [5.41, 5.74) is 8.03. The van der Waals surface area contributed by atoms with E-state index in [4.69, 9.17) is 65.4 Å². The van der Waals surface area contributed by atoms with Gasteiger partial charge in [0.25, 0.3) is 17.8 Å². The Morgan fingerprint density at radius 3 is 0.744 bits per heavy atom. The number of hydrogen-bond donors (Lipinski definition) is 13. The van der Waals surface area contributed by atoms with Gasteiger partial charge in [0.2, 0.25) is 0 Å². The molecule has 6 rings (SSSR count). The standard InChI is InChI=1S/3C10H12O3.3C9H11NO3.CH4N2O/c3*1-13-10(12)9(7-11)8-5-3-2-4-6-8;3*1-13-8-4-2-3-7(5-8)9(6-11)10-12;1-2-3-4/h3*2-6,11-12H,7H2,1H3;3*2-5,11-12H,6H2,1H3;1H3,(H,2,4)/b10-9+;10-9-;;10-9+;10-9-;;. The first-order valence-electron chi connectivity index (χ1n) is 24.0. The summed E-state index contributed by atoms with van der Waals surface area (Å²) < 4.78 is 28.8. The molecule has 0 heterocycles. The van der Waals surface area contributed by atoms with E-state index in [-0.39, 0.29) is 74.6 Å². The molecule has 0 atom stereocenters. The molecule has 6 aromatic carbocycles. The van der Waals surface area contributed by atoms with Crippen molar-refractivity contribution in [2.45, 2.75) is 0 Å². The average Bonchev–Trinajstić information content (AvgIpc) is 3.56. The van der Waals surface area contributed by atoms with Crippen LogP contribution in [0.1, 0.15) is 33.4 Å². The zero-order chi connectivity index (χ0) is 61.5. The fraction of sp³-hybridized carbons (Fsp3) is 0.224. The van der Waals surface area contributed by atoms with E-state index in [1.165, 1.54) is 28.4 Å². The molecule has 0 amide bonds. The number of aliphatic hydroxyl groups is 9.